The first kappa shape index (κ1) is 14.5. The van der Waals surface area contributed by atoms with Crippen molar-refractivity contribution in [3.8, 4) is 11.5 Å². The van der Waals surface area contributed by atoms with E-state index >= 15 is 0 Å². The van der Waals surface area contributed by atoms with Crippen molar-refractivity contribution in [2.75, 3.05) is 0 Å². The molecule has 23 heavy (non-hydrogen) atoms. The third kappa shape index (κ3) is 4.98. The van der Waals surface area contributed by atoms with Gasteiger partial charge in [-0.05, 0) is 50.6 Å². The fourth-order valence-corrected chi connectivity index (χ4v) is 2.77. The molecule has 0 saturated carbocycles. The lowest BCUT2D eigenvalue weighted by Gasteiger charge is -2.17. The van der Waals surface area contributed by atoms with Crippen molar-refractivity contribution < 1.29 is 27.3 Å². The average Bonchev–Trinajstić information content (AvgIpc) is 2.56. The number of esters is 1. The van der Waals surface area contributed by atoms with Crippen LogP contribution in [0.3, 0.4) is 0 Å². The number of ketones is 1. The monoisotopic (exact) mass is 320 g/mol. The zero-order valence-corrected chi connectivity index (χ0v) is 13.4. The van der Waals surface area contributed by atoms with Gasteiger partial charge >= 0.3 is 5.97 Å². The topological polar surface area (TPSA) is 83.8 Å². The second kappa shape index (κ2) is 7.99. The molecule has 5 nitrogen and oxygen atoms in total. The highest BCUT2D eigenvalue weighted by Gasteiger charge is 2.21. The number of phenolic OH excluding ortho intramolecular Hbond substituents is 2. The van der Waals surface area contributed by atoms with Crippen molar-refractivity contribution >= 4 is 11.8 Å². The molecule has 1 aromatic carbocycles. The molecule has 0 amide bonds. The predicted molar refractivity (Wildman–Crippen MR) is 85.7 cm³/mol. The first-order chi connectivity index (χ1) is 11.8. The van der Waals surface area contributed by atoms with Crippen LogP contribution in [0.5, 0.6) is 11.5 Å². The minimum atomic E-state index is -0.801. The number of benzene rings is 1. The first-order valence-corrected chi connectivity index (χ1v) is 8.09. The Bertz CT molecular complexity index is 672. The lowest BCUT2D eigenvalue weighted by molar-refractivity contribution is -0.119. The summed E-state index contributed by atoms with van der Waals surface area (Å²) in [6.07, 6.45) is 4.02. The van der Waals surface area contributed by atoms with Crippen LogP contribution in [0.1, 0.15) is 70.5 Å². The van der Waals surface area contributed by atoms with Crippen LogP contribution < -0.4 is 0 Å². The van der Waals surface area contributed by atoms with E-state index in [1.165, 1.54) is 0 Å². The van der Waals surface area contributed by atoms with Gasteiger partial charge in [-0.3, -0.25) is 4.79 Å². The normalized spacial score (nSPS) is 22.4. The van der Waals surface area contributed by atoms with Crippen molar-refractivity contribution in [3.63, 3.8) is 0 Å². The van der Waals surface area contributed by atoms with Crippen LogP contribution in [0.25, 0.3) is 0 Å². The van der Waals surface area contributed by atoms with Crippen LogP contribution in [0.2, 0.25) is 0 Å². The number of cyclic esters (lactones) is 1. The van der Waals surface area contributed by atoms with Gasteiger partial charge in [0.25, 0.3) is 0 Å². The Hall–Kier alpha value is -2.04. The molecule has 1 aromatic rings. The van der Waals surface area contributed by atoms with Crippen molar-refractivity contribution in [3.05, 3.63) is 23.2 Å². The molecule has 1 aliphatic rings. The van der Waals surface area contributed by atoms with Gasteiger partial charge in [-0.1, -0.05) is 6.42 Å². The standard InChI is InChI=1S/C18H24O5/c1-12-6-5-9-14(19)8-4-2-3-7-13-10-15(20)11-16(21)17(13)18(22)23-12/h10-12,20-21H,2-9H2,1H3/i10H,11H. The quantitative estimate of drug-likeness (QED) is 0.715. The lowest BCUT2D eigenvalue weighted by atomic mass is 9.98. The molecule has 0 aromatic heterocycles. The SMILES string of the molecule is [1H]c1c(O)c([1H])c2c(c1O)C(=O)OC(C)CCCC(=O)CCCCC2. The largest absolute Gasteiger partial charge is 0.508 e. The molecule has 0 aliphatic carbocycles. The molecular weight excluding hydrogens is 296 g/mol. The number of hydrogen-bond donors (Lipinski definition) is 2. The fraction of sp³-hybridized carbons (Fsp3) is 0.556. The number of fused-ring (bicyclic) bond motifs is 1. The summed E-state index contributed by atoms with van der Waals surface area (Å²) in [7, 11) is 0. The third-order valence-electron chi connectivity index (χ3n) is 4.01. The third-order valence-corrected chi connectivity index (χ3v) is 4.01. The maximum atomic E-state index is 12.5. The van der Waals surface area contributed by atoms with Crippen LogP contribution in [-0.2, 0) is 16.0 Å². The second-order valence-electron chi connectivity index (χ2n) is 6.01. The molecule has 0 saturated heterocycles. The zero-order valence-electron chi connectivity index (χ0n) is 15.4. The Kier molecular flexibility index (Phi) is 5.06. The summed E-state index contributed by atoms with van der Waals surface area (Å²) in [5, 5.41) is 20.0. The highest BCUT2D eigenvalue weighted by Crippen LogP contribution is 2.30. The molecule has 1 atom stereocenters. The van der Waals surface area contributed by atoms with E-state index in [2.05, 4.69) is 0 Å². The maximum absolute atomic E-state index is 12.5. The van der Waals surface area contributed by atoms with E-state index in [4.69, 9.17) is 7.48 Å². The highest BCUT2D eigenvalue weighted by atomic mass is 16.5. The Morgan fingerprint density at radius 2 is 1.78 bits per heavy atom. The summed E-state index contributed by atoms with van der Waals surface area (Å²) in [5.74, 6) is -1.90. The molecule has 5 heteroatoms. The van der Waals surface area contributed by atoms with Crippen LogP contribution >= 0.6 is 0 Å². The Labute approximate surface area is 139 Å². The summed E-state index contributed by atoms with van der Waals surface area (Å²) >= 11 is 0. The van der Waals surface area contributed by atoms with Crippen molar-refractivity contribution in [1.29, 1.82) is 0 Å². The van der Waals surface area contributed by atoms with E-state index < -0.39 is 29.6 Å². The zero-order chi connectivity index (χ0) is 18.6. The minimum Gasteiger partial charge on any atom is -0.508 e. The second-order valence-corrected chi connectivity index (χ2v) is 6.01. The fourth-order valence-electron chi connectivity index (χ4n) is 2.77. The number of carbonyl (C=O) groups excluding carboxylic acids is 2. The van der Waals surface area contributed by atoms with E-state index in [-0.39, 0.29) is 29.4 Å². The number of carbonyl (C=O) groups is 2. The summed E-state index contributed by atoms with van der Waals surface area (Å²) in [4.78, 5) is 24.3. The Balaban J connectivity index is 2.39. The Morgan fingerprint density at radius 3 is 2.57 bits per heavy atom. The number of phenols is 2. The number of hydrogen-bond acceptors (Lipinski definition) is 5. The average molecular weight is 320 g/mol. The number of Topliss-reactive ketones (excluding diaryl/α,β-unsaturated/α-hetero) is 1. The van der Waals surface area contributed by atoms with Gasteiger partial charge in [-0.25, -0.2) is 4.79 Å². The van der Waals surface area contributed by atoms with Crippen molar-refractivity contribution in [2.45, 2.75) is 64.4 Å². The van der Waals surface area contributed by atoms with Crippen LogP contribution in [0.15, 0.2) is 12.1 Å². The smallest absolute Gasteiger partial charge is 0.342 e. The molecule has 1 heterocycles. The van der Waals surface area contributed by atoms with E-state index in [1.54, 1.807) is 6.92 Å². The summed E-state index contributed by atoms with van der Waals surface area (Å²) in [6, 6.07) is -0.967. The molecule has 0 bridgehead atoms. The Morgan fingerprint density at radius 1 is 1.09 bits per heavy atom. The molecule has 2 rings (SSSR count). The van der Waals surface area contributed by atoms with E-state index in [0.717, 1.165) is 12.8 Å². The molecule has 126 valence electrons. The molecule has 1 aliphatic heterocycles. The van der Waals surface area contributed by atoms with Gasteiger partial charge in [0.1, 0.15) is 22.8 Å². The number of rotatable bonds is 0. The number of ether oxygens (including phenoxy) is 1. The molecule has 1 unspecified atom stereocenters. The van der Waals surface area contributed by atoms with Crippen molar-refractivity contribution in [1.82, 2.24) is 0 Å². The van der Waals surface area contributed by atoms with Gasteiger partial charge in [-0.15, -0.1) is 0 Å². The van der Waals surface area contributed by atoms with Crippen molar-refractivity contribution in [2.24, 2.45) is 0 Å². The highest BCUT2D eigenvalue weighted by molar-refractivity contribution is 5.94. The number of aromatic hydroxyl groups is 2. The van der Waals surface area contributed by atoms with Gasteiger partial charge in [0.2, 0.25) is 0 Å². The predicted octanol–water partition coefficient (Wildman–Crippen LogP) is 3.50. The van der Waals surface area contributed by atoms with Gasteiger partial charge in [-0.2, -0.15) is 0 Å². The minimum absolute atomic E-state index is 0.187. The summed E-state index contributed by atoms with van der Waals surface area (Å²) in [6.45, 7) is 1.70. The van der Waals surface area contributed by atoms with E-state index in [1.807, 2.05) is 0 Å². The van der Waals surface area contributed by atoms with E-state index in [0.29, 0.717) is 32.1 Å². The molecule has 0 fully saturated rings. The molecule has 0 spiro atoms. The van der Waals surface area contributed by atoms with Crippen LogP contribution in [0, 0.1) is 0 Å². The lowest BCUT2D eigenvalue weighted by Crippen LogP contribution is -2.17. The first-order valence-electron chi connectivity index (χ1n) is 9.09. The summed E-state index contributed by atoms with van der Waals surface area (Å²) in [5.41, 5.74) is -0.0145. The van der Waals surface area contributed by atoms with Gasteiger partial charge < -0.3 is 14.9 Å². The van der Waals surface area contributed by atoms with Gasteiger partial charge in [0.15, 0.2) is 0 Å². The van der Waals surface area contributed by atoms with E-state index in [9.17, 15) is 19.8 Å². The van der Waals surface area contributed by atoms with Gasteiger partial charge in [0.05, 0.1) is 8.85 Å². The van der Waals surface area contributed by atoms with Gasteiger partial charge in [0, 0.05) is 18.9 Å². The molecular formula is C18H24O5. The maximum Gasteiger partial charge on any atom is 0.342 e. The van der Waals surface area contributed by atoms with Crippen LogP contribution in [0.4, 0.5) is 0 Å². The van der Waals surface area contributed by atoms with Crippen LogP contribution in [-0.4, -0.2) is 28.1 Å². The molecule has 0 radical (unpaired) electrons. The summed E-state index contributed by atoms with van der Waals surface area (Å²) < 4.78 is 21.0. The molecule has 2 N–H and O–H groups in total.